The van der Waals surface area contributed by atoms with Gasteiger partial charge in [-0.1, -0.05) is 0 Å². The highest BCUT2D eigenvalue weighted by atomic mass is 16.7. The summed E-state index contributed by atoms with van der Waals surface area (Å²) in [5.74, 6) is -28.5. The van der Waals surface area contributed by atoms with E-state index >= 15 is 0 Å². The van der Waals surface area contributed by atoms with Crippen LogP contribution in [0, 0.1) is 5.92 Å². The number of carboxylic acid groups (broad SMARTS) is 1. The van der Waals surface area contributed by atoms with Gasteiger partial charge in [0.05, 0.1) is 34.6 Å². The largest absolute Gasteiger partial charge is 0.504 e. The van der Waals surface area contributed by atoms with E-state index < -0.39 is 194 Å². The summed E-state index contributed by atoms with van der Waals surface area (Å²) in [5.41, 5.74) is -3.98. The number of hydrogen-bond acceptors (Lipinski definition) is 25. The highest BCUT2D eigenvalue weighted by molar-refractivity contribution is 6.02. The maximum Gasteiger partial charge on any atom is 0.340 e. The van der Waals surface area contributed by atoms with Gasteiger partial charge in [0, 0.05) is 5.56 Å². The highest BCUT2D eigenvalue weighted by Crippen LogP contribution is 2.52. The Hall–Kier alpha value is -9.07. The second-order valence-electron chi connectivity index (χ2n) is 14.4. The predicted molar refractivity (Wildman–Crippen MR) is 201 cm³/mol. The van der Waals surface area contributed by atoms with Crippen molar-refractivity contribution in [3.8, 4) is 69.0 Å². The van der Waals surface area contributed by atoms with Crippen LogP contribution in [0.3, 0.4) is 0 Å². The molecule has 7 atom stereocenters. The van der Waals surface area contributed by atoms with Gasteiger partial charge in [0.15, 0.2) is 75.5 Å². The molecule has 4 aromatic carbocycles. The Kier molecular flexibility index (Phi) is 11.5. The minimum absolute atomic E-state index is 0.516. The Morgan fingerprint density at radius 2 is 1.02 bits per heavy atom. The normalized spacial score (nSPS) is 22.2. The van der Waals surface area contributed by atoms with E-state index in [1.54, 1.807) is 0 Å². The zero-order valence-electron chi connectivity index (χ0n) is 32.6. The van der Waals surface area contributed by atoms with Gasteiger partial charge in [-0.05, 0) is 42.5 Å². The summed E-state index contributed by atoms with van der Waals surface area (Å²) in [7, 11) is 0. The van der Waals surface area contributed by atoms with Crippen LogP contribution < -0.4 is 4.74 Å². The van der Waals surface area contributed by atoms with Gasteiger partial charge in [0.2, 0.25) is 18.1 Å². The first kappa shape index (κ1) is 45.0. The molecule has 0 spiro atoms. The lowest BCUT2D eigenvalue weighted by Gasteiger charge is -2.43. The Morgan fingerprint density at radius 1 is 0.576 bits per heavy atom. The summed E-state index contributed by atoms with van der Waals surface area (Å²) < 4.78 is 38.6. The number of phenolic OH excluding ortho intramolecular Hbond substituents is 11. The number of hydrogen-bond donors (Lipinski definition) is 12. The quantitative estimate of drug-likeness (QED) is 0.0499. The van der Waals surface area contributed by atoms with Crippen molar-refractivity contribution >= 4 is 41.8 Å². The molecule has 0 saturated carbocycles. The topological polar surface area (TPSA) is 427 Å². The molecule has 2 unspecified atom stereocenters. The number of aromatic hydroxyl groups is 11. The number of ether oxygens (including phenoxy) is 7. The van der Waals surface area contributed by atoms with Crippen LogP contribution in [0.15, 0.2) is 42.5 Å². The van der Waals surface area contributed by atoms with E-state index in [9.17, 15) is 94.8 Å². The van der Waals surface area contributed by atoms with Crippen molar-refractivity contribution in [3.05, 3.63) is 70.3 Å². The number of benzene rings is 4. The molecular weight excluding hydrogens is 896 g/mol. The SMILES string of the molecule is O=C(O)CC1C(=O)OC[C@H]2O[C@@H](OC(=O)c3cc(O)c(O)c(O)c3)[C@H](OC(=O)c3cc(O)c(O)c(O)c3)[C@@H](OC(=O)c3cc(O)c(O)c(O)c3)[C@@H]2OC(=O)c2cc(O)c(O)c3c2C1C(=O)O3. The van der Waals surface area contributed by atoms with Crippen molar-refractivity contribution < 1.29 is 128 Å². The molecule has 0 aliphatic carbocycles. The molecule has 3 aliphatic heterocycles. The van der Waals surface area contributed by atoms with Crippen LogP contribution in [0.25, 0.3) is 0 Å². The van der Waals surface area contributed by atoms with E-state index in [0.717, 1.165) is 0 Å². The molecule has 3 heterocycles. The highest BCUT2D eigenvalue weighted by Gasteiger charge is 2.57. The van der Waals surface area contributed by atoms with Gasteiger partial charge in [-0.2, -0.15) is 0 Å². The number of carbonyl (C=O) groups is 7. The fraction of sp³-hybridized carbons (Fsp3) is 0.225. The number of carboxylic acids is 1. The molecule has 0 aromatic heterocycles. The summed E-state index contributed by atoms with van der Waals surface area (Å²) >= 11 is 0. The van der Waals surface area contributed by atoms with E-state index in [1.807, 2.05) is 0 Å². The molecule has 26 nitrogen and oxygen atoms in total. The van der Waals surface area contributed by atoms with E-state index in [1.165, 1.54) is 0 Å². The van der Waals surface area contributed by atoms with E-state index in [4.69, 9.17) is 33.2 Å². The molecule has 0 bridgehead atoms. The third-order valence-electron chi connectivity index (χ3n) is 10.2. The van der Waals surface area contributed by atoms with Gasteiger partial charge in [0.25, 0.3) is 0 Å². The molecular formula is C40H30O26. The molecule has 0 amide bonds. The zero-order chi connectivity index (χ0) is 48.2. The molecule has 1 fully saturated rings. The fourth-order valence-electron chi connectivity index (χ4n) is 7.09. The van der Waals surface area contributed by atoms with Crippen molar-refractivity contribution in [2.75, 3.05) is 6.61 Å². The Bertz CT molecular complexity index is 2690. The van der Waals surface area contributed by atoms with Crippen molar-refractivity contribution in [1.82, 2.24) is 0 Å². The summed E-state index contributed by atoms with van der Waals surface area (Å²) in [6.07, 6.45) is -13.2. The molecule has 12 N–H and O–H groups in total. The Labute approximate surface area is 364 Å². The average molecular weight is 927 g/mol. The number of carbonyl (C=O) groups excluding carboxylic acids is 6. The van der Waals surface area contributed by atoms with Crippen molar-refractivity contribution in [2.45, 2.75) is 43.0 Å². The molecule has 66 heavy (non-hydrogen) atoms. The molecule has 0 radical (unpaired) electrons. The lowest BCUT2D eigenvalue weighted by Crippen LogP contribution is -2.63. The lowest BCUT2D eigenvalue weighted by atomic mass is 9.82. The van der Waals surface area contributed by atoms with Gasteiger partial charge in [-0.25, -0.2) is 19.2 Å². The molecule has 346 valence electrons. The third kappa shape index (κ3) is 8.16. The van der Waals surface area contributed by atoms with Crippen molar-refractivity contribution in [2.24, 2.45) is 5.92 Å². The van der Waals surface area contributed by atoms with Crippen LogP contribution in [0.4, 0.5) is 0 Å². The van der Waals surface area contributed by atoms with Gasteiger partial charge >= 0.3 is 41.8 Å². The predicted octanol–water partition coefficient (Wildman–Crippen LogP) is 0.657. The maximum absolute atomic E-state index is 14.4. The van der Waals surface area contributed by atoms with E-state index in [-0.39, 0.29) is 0 Å². The monoisotopic (exact) mass is 926 g/mol. The van der Waals surface area contributed by atoms with Crippen molar-refractivity contribution in [1.29, 1.82) is 0 Å². The Balaban J connectivity index is 1.41. The first-order valence-electron chi connectivity index (χ1n) is 18.5. The second kappa shape index (κ2) is 16.9. The standard InChI is InChI=1S/C40H30O26/c41-15-1-10(2-16(42)26(15)50)34(54)64-32-30-22(9-60-37(57)14(8-23(48)49)25-24-13(38(58)62-30)7-21(47)29(53)31(24)63-39(25)59)61-40(66-36(56)12-5-19(45)28(52)20(46)6-12)33(32)65-35(55)11-3-17(43)27(51)18(44)4-11/h1-7,14,22,25,30,32-33,40-47,50-53H,8-9H2,(H,48,49)/t14?,22-,25?,30-,32+,33-,40+/m1/s1. The number of phenols is 11. The second-order valence-corrected chi connectivity index (χ2v) is 14.4. The zero-order valence-corrected chi connectivity index (χ0v) is 32.6. The van der Waals surface area contributed by atoms with Crippen LogP contribution in [-0.4, -0.2) is 140 Å². The molecule has 26 heteroatoms. The molecule has 1 saturated heterocycles. The van der Waals surface area contributed by atoms with Gasteiger partial charge in [0.1, 0.15) is 18.6 Å². The first-order chi connectivity index (χ1) is 31.1. The number of esters is 6. The number of cyclic esters (lactones) is 1. The summed E-state index contributed by atoms with van der Waals surface area (Å²) in [4.78, 5) is 94.9. The van der Waals surface area contributed by atoms with E-state index in [0.29, 0.717) is 42.5 Å². The molecule has 4 aromatic rings. The summed E-state index contributed by atoms with van der Waals surface area (Å²) in [6.45, 7) is -1.24. The van der Waals surface area contributed by atoms with Crippen molar-refractivity contribution in [3.63, 3.8) is 0 Å². The summed E-state index contributed by atoms with van der Waals surface area (Å²) in [6, 6.07) is 3.84. The number of rotatable bonds is 8. The minimum Gasteiger partial charge on any atom is -0.504 e. The number of aliphatic carboxylic acids is 1. The van der Waals surface area contributed by atoms with Crippen LogP contribution in [0.1, 0.15) is 59.3 Å². The van der Waals surface area contributed by atoms with E-state index in [2.05, 4.69) is 0 Å². The van der Waals surface area contributed by atoms with Crippen LogP contribution in [0.2, 0.25) is 0 Å². The molecule has 3 aliphatic rings. The van der Waals surface area contributed by atoms with Gasteiger partial charge < -0.3 is 94.4 Å². The van der Waals surface area contributed by atoms with Crippen LogP contribution in [-0.2, 0) is 42.8 Å². The van der Waals surface area contributed by atoms with Gasteiger partial charge in [-0.3, -0.25) is 14.4 Å². The van der Waals surface area contributed by atoms with Gasteiger partial charge in [-0.15, -0.1) is 0 Å². The minimum atomic E-state index is -2.53. The van der Waals surface area contributed by atoms with Crippen LogP contribution in [0.5, 0.6) is 69.0 Å². The fourth-order valence-corrected chi connectivity index (χ4v) is 7.09. The average Bonchev–Trinajstić information content (AvgIpc) is 3.60. The third-order valence-corrected chi connectivity index (χ3v) is 10.2. The summed E-state index contributed by atoms with van der Waals surface area (Å²) in [5, 5.41) is 121. The smallest absolute Gasteiger partial charge is 0.340 e. The first-order valence-corrected chi connectivity index (χ1v) is 18.5. The van der Waals surface area contributed by atoms with Crippen LogP contribution >= 0.6 is 0 Å². The lowest BCUT2D eigenvalue weighted by molar-refractivity contribution is -0.284. The maximum atomic E-state index is 14.4. The Morgan fingerprint density at radius 3 is 1.48 bits per heavy atom. The molecule has 7 rings (SSSR count). The number of fused-ring (bicyclic) bond motifs is 1.